The number of benzene rings is 1. The first-order valence-corrected chi connectivity index (χ1v) is 7.03. The Balaban J connectivity index is 3.04. The molecule has 102 valence electrons. The molecule has 0 bridgehead atoms. The van der Waals surface area contributed by atoms with Crippen LogP contribution in [0.5, 0.6) is 0 Å². The fourth-order valence-electron chi connectivity index (χ4n) is 1.64. The number of thioether (sulfide) groups is 1. The fraction of sp³-hybridized carbons (Fsp3) is 0.538. The van der Waals surface area contributed by atoms with E-state index in [0.29, 0.717) is 6.54 Å². The van der Waals surface area contributed by atoms with Crippen LogP contribution in [0.2, 0.25) is 0 Å². The second kappa shape index (κ2) is 6.99. The molecule has 1 rings (SSSR count). The largest absolute Gasteiger partial charge is 0.394 e. The van der Waals surface area contributed by atoms with Crippen LogP contribution in [-0.2, 0) is 6.54 Å². The van der Waals surface area contributed by atoms with Gasteiger partial charge < -0.3 is 21.3 Å². The molecule has 0 unspecified atom stereocenters. The lowest BCUT2D eigenvalue weighted by Crippen LogP contribution is -2.42. The van der Waals surface area contributed by atoms with Gasteiger partial charge >= 0.3 is 0 Å². The quantitative estimate of drug-likeness (QED) is 0.564. The summed E-state index contributed by atoms with van der Waals surface area (Å²) < 4.78 is 0. The van der Waals surface area contributed by atoms with Gasteiger partial charge in [0.2, 0.25) is 0 Å². The van der Waals surface area contributed by atoms with Crippen molar-refractivity contribution < 1.29 is 10.2 Å². The summed E-state index contributed by atoms with van der Waals surface area (Å²) in [6, 6.07) is 5.91. The van der Waals surface area contributed by atoms with Crippen molar-refractivity contribution in [2.24, 2.45) is 5.73 Å². The molecule has 0 spiro atoms. The van der Waals surface area contributed by atoms with E-state index in [4.69, 9.17) is 5.73 Å². The second-order valence-corrected chi connectivity index (χ2v) is 5.73. The third-order valence-electron chi connectivity index (χ3n) is 2.77. The Hall–Kier alpha value is -0.750. The Kier molecular flexibility index (Phi) is 5.95. The van der Waals surface area contributed by atoms with Crippen LogP contribution < -0.4 is 11.1 Å². The molecule has 0 radical (unpaired) electrons. The Morgan fingerprint density at radius 1 is 1.33 bits per heavy atom. The highest BCUT2D eigenvalue weighted by Crippen LogP contribution is 2.29. The van der Waals surface area contributed by atoms with Gasteiger partial charge in [0.25, 0.3) is 0 Å². The smallest absolute Gasteiger partial charge is 0.0806 e. The van der Waals surface area contributed by atoms with Crippen molar-refractivity contribution in [3.05, 3.63) is 23.8 Å². The molecule has 0 aliphatic heterocycles. The molecule has 0 fully saturated rings. The number of rotatable bonds is 7. The molecule has 0 atom stereocenters. The predicted molar refractivity (Wildman–Crippen MR) is 76.9 cm³/mol. The highest BCUT2D eigenvalue weighted by molar-refractivity contribution is 7.99. The average molecular weight is 270 g/mol. The summed E-state index contributed by atoms with van der Waals surface area (Å²) in [6.07, 6.45) is 0. The molecule has 1 aromatic rings. The Morgan fingerprint density at radius 3 is 2.50 bits per heavy atom. The normalized spacial score (nSPS) is 11.6. The zero-order chi connectivity index (χ0) is 13.6. The molecule has 18 heavy (non-hydrogen) atoms. The summed E-state index contributed by atoms with van der Waals surface area (Å²) in [6.45, 7) is 4.01. The molecular weight excluding hydrogens is 248 g/mol. The van der Waals surface area contributed by atoms with Crippen molar-refractivity contribution in [2.45, 2.75) is 30.8 Å². The maximum absolute atomic E-state index is 9.32. The third-order valence-corrected chi connectivity index (χ3v) is 3.75. The maximum atomic E-state index is 9.32. The first-order valence-electron chi connectivity index (χ1n) is 6.05. The van der Waals surface area contributed by atoms with Crippen molar-refractivity contribution in [2.75, 3.05) is 24.3 Å². The van der Waals surface area contributed by atoms with E-state index in [2.05, 4.69) is 12.2 Å². The summed E-state index contributed by atoms with van der Waals surface area (Å²) in [5, 5.41) is 21.8. The van der Waals surface area contributed by atoms with Crippen molar-refractivity contribution in [1.82, 2.24) is 0 Å². The number of nitrogens with one attached hydrogen (secondary N) is 1. The lowest BCUT2D eigenvalue weighted by atomic mass is 10.0. The fourth-order valence-corrected chi connectivity index (χ4v) is 2.49. The van der Waals surface area contributed by atoms with Gasteiger partial charge in [-0.15, -0.1) is 11.8 Å². The average Bonchev–Trinajstić information content (AvgIpc) is 2.39. The van der Waals surface area contributed by atoms with Crippen LogP contribution >= 0.6 is 11.8 Å². The first kappa shape index (κ1) is 15.3. The number of anilines is 1. The van der Waals surface area contributed by atoms with Gasteiger partial charge in [0, 0.05) is 22.7 Å². The highest BCUT2D eigenvalue weighted by atomic mass is 32.2. The molecule has 4 nitrogen and oxygen atoms in total. The van der Waals surface area contributed by atoms with Gasteiger partial charge in [0.1, 0.15) is 0 Å². The van der Waals surface area contributed by atoms with Gasteiger partial charge in [-0.05, 0) is 24.8 Å². The highest BCUT2D eigenvalue weighted by Gasteiger charge is 2.23. The van der Waals surface area contributed by atoms with E-state index in [1.807, 2.05) is 18.2 Å². The van der Waals surface area contributed by atoms with Crippen molar-refractivity contribution in [3.63, 3.8) is 0 Å². The summed E-state index contributed by atoms with van der Waals surface area (Å²) in [7, 11) is 0. The van der Waals surface area contributed by atoms with Gasteiger partial charge in [-0.2, -0.15) is 0 Å². The van der Waals surface area contributed by atoms with Gasteiger partial charge in [0.05, 0.1) is 18.8 Å². The van der Waals surface area contributed by atoms with Crippen molar-refractivity contribution in [3.8, 4) is 0 Å². The molecule has 0 aliphatic carbocycles. The SMILES string of the molecule is CCSc1cccc(NC(C)(CO)CO)c1CN. The summed E-state index contributed by atoms with van der Waals surface area (Å²) >= 11 is 1.74. The molecular formula is C13H22N2O2S. The molecule has 1 aromatic carbocycles. The van der Waals surface area contributed by atoms with Crippen molar-refractivity contribution >= 4 is 17.4 Å². The van der Waals surface area contributed by atoms with Crippen LogP contribution in [0, 0.1) is 0 Å². The van der Waals surface area contributed by atoms with E-state index in [1.54, 1.807) is 18.7 Å². The minimum atomic E-state index is -0.737. The number of aliphatic hydroxyl groups is 2. The predicted octanol–water partition coefficient (Wildman–Crippen LogP) is 1.41. The third kappa shape index (κ3) is 3.62. The van der Waals surface area contributed by atoms with Crippen LogP contribution in [0.1, 0.15) is 19.4 Å². The van der Waals surface area contributed by atoms with Gasteiger partial charge in [-0.25, -0.2) is 0 Å². The number of hydrogen-bond acceptors (Lipinski definition) is 5. The van der Waals surface area contributed by atoms with Gasteiger partial charge in [-0.3, -0.25) is 0 Å². The molecule has 0 heterocycles. The lowest BCUT2D eigenvalue weighted by molar-refractivity contribution is 0.147. The Labute approximate surface area is 113 Å². The van der Waals surface area contributed by atoms with E-state index in [9.17, 15) is 10.2 Å². The van der Waals surface area contributed by atoms with Crippen molar-refractivity contribution in [1.29, 1.82) is 0 Å². The summed E-state index contributed by atoms with van der Waals surface area (Å²) in [4.78, 5) is 1.14. The number of aliphatic hydroxyl groups excluding tert-OH is 2. The Bertz CT molecular complexity index is 381. The van der Waals surface area contributed by atoms with Crippen LogP contribution in [-0.4, -0.2) is 34.7 Å². The lowest BCUT2D eigenvalue weighted by Gasteiger charge is -2.29. The molecule has 0 amide bonds. The molecule has 5 heteroatoms. The monoisotopic (exact) mass is 270 g/mol. The van der Waals surface area contributed by atoms with E-state index in [-0.39, 0.29) is 13.2 Å². The maximum Gasteiger partial charge on any atom is 0.0806 e. The minimum Gasteiger partial charge on any atom is -0.394 e. The Morgan fingerprint density at radius 2 is 2.00 bits per heavy atom. The molecule has 0 aliphatic rings. The molecule has 0 saturated heterocycles. The van der Waals surface area contributed by atoms with Gasteiger partial charge in [-0.1, -0.05) is 13.0 Å². The number of nitrogens with two attached hydrogens (primary N) is 1. The number of hydrogen-bond donors (Lipinski definition) is 4. The van der Waals surface area contributed by atoms with Crippen LogP contribution in [0.3, 0.4) is 0 Å². The van der Waals surface area contributed by atoms with E-state index < -0.39 is 5.54 Å². The zero-order valence-electron chi connectivity index (χ0n) is 10.9. The van der Waals surface area contributed by atoms with E-state index in [0.717, 1.165) is 21.9 Å². The molecule has 5 N–H and O–H groups in total. The first-order chi connectivity index (χ1) is 8.60. The topological polar surface area (TPSA) is 78.5 Å². The molecule has 0 aromatic heterocycles. The molecule has 0 saturated carbocycles. The summed E-state index contributed by atoms with van der Waals surface area (Å²) in [5.74, 6) is 0.980. The van der Waals surface area contributed by atoms with Crippen LogP contribution in [0.15, 0.2) is 23.1 Å². The van der Waals surface area contributed by atoms with Gasteiger partial charge in [0.15, 0.2) is 0 Å². The second-order valence-electron chi connectivity index (χ2n) is 4.42. The standard InChI is InChI=1S/C13H22N2O2S/c1-3-18-12-6-4-5-11(10(12)7-14)15-13(2,8-16)9-17/h4-6,15-17H,3,7-9,14H2,1-2H3. The zero-order valence-corrected chi connectivity index (χ0v) is 11.8. The van der Waals surface area contributed by atoms with E-state index in [1.165, 1.54) is 0 Å². The van der Waals surface area contributed by atoms with Crippen LogP contribution in [0.25, 0.3) is 0 Å². The van der Waals surface area contributed by atoms with Crippen LogP contribution in [0.4, 0.5) is 5.69 Å². The minimum absolute atomic E-state index is 0.140. The summed E-state index contributed by atoms with van der Waals surface area (Å²) in [5.41, 5.74) is 6.97. The van der Waals surface area contributed by atoms with E-state index >= 15 is 0 Å².